The number of hydrogen-bond donors (Lipinski definition) is 2. The third kappa shape index (κ3) is 5.25. The van der Waals surface area contributed by atoms with Crippen molar-refractivity contribution >= 4 is 34.3 Å². The number of allylic oxidation sites excluding steroid dienone is 1. The van der Waals surface area contributed by atoms with Crippen LogP contribution in [0.3, 0.4) is 0 Å². The summed E-state index contributed by atoms with van der Waals surface area (Å²) in [6, 6.07) is 18.8. The van der Waals surface area contributed by atoms with Crippen LogP contribution in [0.4, 0.5) is 10.1 Å². The fourth-order valence-corrected chi connectivity index (χ4v) is 3.29. The van der Waals surface area contributed by atoms with Gasteiger partial charge in [0, 0.05) is 5.69 Å². The van der Waals surface area contributed by atoms with Crippen molar-refractivity contribution in [1.29, 1.82) is 5.26 Å². The fraction of sp³-hybridized carbons (Fsp3) is 0.115. The molecule has 0 atom stereocenters. The van der Waals surface area contributed by atoms with Crippen molar-refractivity contribution in [3.8, 4) is 11.8 Å². The van der Waals surface area contributed by atoms with Gasteiger partial charge in [0.15, 0.2) is 6.61 Å². The van der Waals surface area contributed by atoms with E-state index in [2.05, 4.69) is 21.4 Å². The van der Waals surface area contributed by atoms with Crippen LogP contribution in [0.1, 0.15) is 22.5 Å². The van der Waals surface area contributed by atoms with Crippen molar-refractivity contribution in [2.24, 2.45) is 0 Å². The molecule has 0 spiro atoms. The molecule has 4 aromatic rings. The Bertz CT molecular complexity index is 1360. The Balaban J connectivity index is 1.42. The van der Waals surface area contributed by atoms with Gasteiger partial charge < -0.3 is 15.0 Å². The zero-order valence-corrected chi connectivity index (χ0v) is 18.1. The number of H-pyrrole nitrogens is 1. The molecule has 1 aromatic heterocycles. The smallest absolute Gasteiger partial charge is 0.262 e. The normalized spacial score (nSPS) is 11.3. The third-order valence-electron chi connectivity index (χ3n) is 5.14. The molecule has 4 rings (SSSR count). The number of hydrogen-bond acceptors (Lipinski definition) is 4. The molecule has 0 radical (unpaired) electrons. The summed E-state index contributed by atoms with van der Waals surface area (Å²) in [5.74, 6) is 0.176. The van der Waals surface area contributed by atoms with Gasteiger partial charge in [-0.1, -0.05) is 18.2 Å². The number of aromatic nitrogens is 2. The zero-order valence-electron chi connectivity index (χ0n) is 18.1. The number of fused-ring (bicyclic) bond motifs is 1. The van der Waals surface area contributed by atoms with Gasteiger partial charge in [0.2, 0.25) is 0 Å². The number of amides is 1. The Morgan fingerprint density at radius 3 is 2.64 bits per heavy atom. The van der Waals surface area contributed by atoms with Gasteiger partial charge in [0.25, 0.3) is 5.91 Å². The van der Waals surface area contributed by atoms with Crippen LogP contribution < -0.4 is 10.1 Å². The number of carbonyl (C=O) groups is 1. The van der Waals surface area contributed by atoms with E-state index < -0.39 is 11.7 Å². The van der Waals surface area contributed by atoms with E-state index in [-0.39, 0.29) is 6.61 Å². The number of rotatable bonds is 6. The maximum atomic E-state index is 13.2. The highest BCUT2D eigenvalue weighted by molar-refractivity contribution is 5.92. The number of imidazole rings is 1. The van der Waals surface area contributed by atoms with E-state index in [0.717, 1.165) is 27.7 Å². The Labute approximate surface area is 190 Å². The average Bonchev–Trinajstić information content (AvgIpc) is 3.19. The summed E-state index contributed by atoms with van der Waals surface area (Å²) in [5, 5.41) is 12.2. The standard InChI is InChI=1S/C26H21FN4O2/c1-16-10-23-24(11-17(16)2)31-26(30-23)19(14-28)12-18-6-8-22(9-7-18)33-15-25(32)29-21-5-3-4-20(27)13-21/h3-13H,15H2,1-2H3,(H,29,32)(H,30,31)/b19-12+. The second kappa shape index (κ2) is 9.37. The molecule has 3 aromatic carbocycles. The van der Waals surface area contributed by atoms with Gasteiger partial charge in [-0.15, -0.1) is 0 Å². The first-order valence-corrected chi connectivity index (χ1v) is 10.3. The van der Waals surface area contributed by atoms with Crippen molar-refractivity contribution in [2.45, 2.75) is 13.8 Å². The first-order valence-electron chi connectivity index (χ1n) is 10.3. The summed E-state index contributed by atoms with van der Waals surface area (Å²) in [5.41, 5.74) is 5.55. The Kier molecular flexibility index (Phi) is 6.18. The van der Waals surface area contributed by atoms with E-state index in [9.17, 15) is 14.4 Å². The summed E-state index contributed by atoms with van der Waals surface area (Å²) in [6.07, 6.45) is 1.73. The van der Waals surface area contributed by atoms with Crippen molar-refractivity contribution in [3.63, 3.8) is 0 Å². The maximum Gasteiger partial charge on any atom is 0.262 e. The monoisotopic (exact) mass is 440 g/mol. The second-order valence-electron chi connectivity index (χ2n) is 7.63. The molecular formula is C26H21FN4O2. The van der Waals surface area contributed by atoms with E-state index in [0.29, 0.717) is 22.8 Å². The predicted octanol–water partition coefficient (Wildman–Crippen LogP) is 5.40. The van der Waals surface area contributed by atoms with Crippen LogP contribution >= 0.6 is 0 Å². The highest BCUT2D eigenvalue weighted by Crippen LogP contribution is 2.23. The van der Waals surface area contributed by atoms with Crippen LogP contribution in [0.15, 0.2) is 60.7 Å². The summed E-state index contributed by atoms with van der Waals surface area (Å²) >= 11 is 0. The minimum absolute atomic E-state index is 0.215. The van der Waals surface area contributed by atoms with Crippen LogP contribution in [0.5, 0.6) is 5.75 Å². The molecule has 0 bridgehead atoms. The number of benzene rings is 3. The Morgan fingerprint density at radius 1 is 1.15 bits per heavy atom. The minimum Gasteiger partial charge on any atom is -0.484 e. The van der Waals surface area contributed by atoms with E-state index in [4.69, 9.17) is 4.74 Å². The number of aromatic amines is 1. The summed E-state index contributed by atoms with van der Waals surface area (Å²) in [4.78, 5) is 19.8. The lowest BCUT2D eigenvalue weighted by atomic mass is 10.1. The number of nitrogens with one attached hydrogen (secondary N) is 2. The lowest BCUT2D eigenvalue weighted by molar-refractivity contribution is -0.118. The minimum atomic E-state index is -0.429. The van der Waals surface area contributed by atoms with Gasteiger partial charge in [-0.05, 0) is 79.1 Å². The first kappa shape index (κ1) is 21.8. The molecule has 1 heterocycles. The quantitative estimate of drug-likeness (QED) is 0.393. The molecule has 0 fully saturated rings. The lowest BCUT2D eigenvalue weighted by Gasteiger charge is -2.08. The van der Waals surface area contributed by atoms with E-state index in [1.165, 1.54) is 18.2 Å². The molecule has 7 heteroatoms. The first-order chi connectivity index (χ1) is 15.9. The number of anilines is 1. The van der Waals surface area contributed by atoms with Gasteiger partial charge in [-0.3, -0.25) is 4.79 Å². The fourth-order valence-electron chi connectivity index (χ4n) is 3.29. The lowest BCUT2D eigenvalue weighted by Crippen LogP contribution is -2.20. The van der Waals surface area contributed by atoms with Gasteiger partial charge in [-0.25, -0.2) is 9.37 Å². The molecule has 0 saturated carbocycles. The van der Waals surface area contributed by atoms with E-state index in [1.807, 2.05) is 26.0 Å². The molecule has 0 aliphatic carbocycles. The number of nitriles is 1. The van der Waals surface area contributed by atoms with Gasteiger partial charge >= 0.3 is 0 Å². The van der Waals surface area contributed by atoms with E-state index in [1.54, 1.807) is 36.4 Å². The number of halogens is 1. The van der Waals surface area contributed by atoms with Gasteiger partial charge in [0.1, 0.15) is 23.5 Å². The molecule has 6 nitrogen and oxygen atoms in total. The van der Waals surface area contributed by atoms with Crippen LogP contribution in [0, 0.1) is 31.0 Å². The molecule has 0 saturated heterocycles. The van der Waals surface area contributed by atoms with Crippen LogP contribution in [-0.2, 0) is 4.79 Å². The largest absolute Gasteiger partial charge is 0.484 e. The van der Waals surface area contributed by atoms with E-state index >= 15 is 0 Å². The van der Waals surface area contributed by atoms with Crippen molar-refractivity contribution in [1.82, 2.24) is 9.97 Å². The Morgan fingerprint density at radius 2 is 1.91 bits per heavy atom. The number of ether oxygens (including phenoxy) is 1. The summed E-state index contributed by atoms with van der Waals surface area (Å²) < 4.78 is 18.7. The molecule has 2 N–H and O–H groups in total. The maximum absolute atomic E-state index is 13.2. The molecular weight excluding hydrogens is 419 g/mol. The molecule has 0 unspecified atom stereocenters. The predicted molar refractivity (Wildman–Crippen MR) is 126 cm³/mol. The number of nitrogens with zero attached hydrogens (tertiary/aromatic N) is 2. The van der Waals surface area contributed by atoms with Gasteiger partial charge in [-0.2, -0.15) is 5.26 Å². The van der Waals surface area contributed by atoms with Crippen molar-refractivity contribution in [2.75, 3.05) is 11.9 Å². The third-order valence-corrected chi connectivity index (χ3v) is 5.14. The molecule has 0 aliphatic heterocycles. The average molecular weight is 440 g/mol. The Hall–Kier alpha value is -4.44. The topological polar surface area (TPSA) is 90.8 Å². The highest BCUT2D eigenvalue weighted by atomic mass is 19.1. The summed E-state index contributed by atoms with van der Waals surface area (Å²) in [7, 11) is 0. The molecule has 1 amide bonds. The van der Waals surface area contributed by atoms with Crippen LogP contribution in [0.25, 0.3) is 22.7 Å². The zero-order chi connectivity index (χ0) is 23.4. The van der Waals surface area contributed by atoms with Crippen molar-refractivity contribution < 1.29 is 13.9 Å². The van der Waals surface area contributed by atoms with Crippen LogP contribution in [-0.4, -0.2) is 22.5 Å². The molecule has 33 heavy (non-hydrogen) atoms. The van der Waals surface area contributed by atoms with Gasteiger partial charge in [0.05, 0.1) is 16.6 Å². The highest BCUT2D eigenvalue weighted by Gasteiger charge is 2.10. The molecule has 0 aliphatic rings. The molecule has 164 valence electrons. The number of aryl methyl sites for hydroxylation is 2. The summed E-state index contributed by atoms with van der Waals surface area (Å²) in [6.45, 7) is 3.84. The number of carbonyl (C=O) groups excluding carboxylic acids is 1. The van der Waals surface area contributed by atoms with Crippen molar-refractivity contribution in [3.05, 3.63) is 89.0 Å². The van der Waals surface area contributed by atoms with Crippen LogP contribution in [0.2, 0.25) is 0 Å². The second-order valence-corrected chi connectivity index (χ2v) is 7.63. The SMILES string of the molecule is Cc1cc2nc(/C(C#N)=C/c3ccc(OCC(=O)Nc4cccc(F)c4)cc3)[nH]c2cc1C.